The lowest BCUT2D eigenvalue weighted by molar-refractivity contribution is -0.137. The van der Waals surface area contributed by atoms with Crippen LogP contribution in [0.3, 0.4) is 0 Å². The molecular formula is C30H24F3N3O4. The minimum absolute atomic E-state index is 0.0160. The van der Waals surface area contributed by atoms with Gasteiger partial charge in [-0.15, -0.1) is 0 Å². The molecule has 3 aromatic carbocycles. The number of carboxylic acid groups (broad SMARTS) is 1. The highest BCUT2D eigenvalue weighted by atomic mass is 19.4. The van der Waals surface area contributed by atoms with Gasteiger partial charge in [-0.25, -0.2) is 9.78 Å². The van der Waals surface area contributed by atoms with Gasteiger partial charge >= 0.3 is 12.1 Å². The van der Waals surface area contributed by atoms with Crippen molar-refractivity contribution >= 4 is 16.9 Å². The molecule has 0 aliphatic heterocycles. The fourth-order valence-corrected chi connectivity index (χ4v) is 4.48. The number of phenolic OH excluding ortho intramolecular Hbond substituents is 1. The molecule has 0 spiro atoms. The third-order valence-electron chi connectivity index (χ3n) is 6.46. The summed E-state index contributed by atoms with van der Waals surface area (Å²) in [6.45, 7) is 1.97. The molecule has 0 aliphatic carbocycles. The summed E-state index contributed by atoms with van der Waals surface area (Å²) in [5.74, 6) is 0.0634. The zero-order valence-electron chi connectivity index (χ0n) is 21.2. The number of oxazole rings is 1. The number of phenols is 1. The van der Waals surface area contributed by atoms with E-state index in [2.05, 4.69) is 15.3 Å². The highest BCUT2D eigenvalue weighted by molar-refractivity contribution is 6.03. The number of aromatic hydroxyl groups is 1. The molecule has 5 aromatic rings. The molecule has 0 radical (unpaired) electrons. The molecule has 5 rings (SSSR count). The first kappa shape index (κ1) is 26.9. The summed E-state index contributed by atoms with van der Waals surface area (Å²) in [7, 11) is 0. The summed E-state index contributed by atoms with van der Waals surface area (Å²) < 4.78 is 45.4. The molecule has 0 saturated heterocycles. The summed E-state index contributed by atoms with van der Waals surface area (Å²) in [6.07, 6.45) is -2.40. The summed E-state index contributed by atoms with van der Waals surface area (Å²) in [5.41, 5.74) is 1.74. The molecule has 0 amide bonds. The van der Waals surface area contributed by atoms with Crippen molar-refractivity contribution in [2.45, 2.75) is 32.1 Å². The van der Waals surface area contributed by atoms with Crippen LogP contribution in [-0.4, -0.2) is 26.2 Å². The maximum absolute atomic E-state index is 13.2. The Morgan fingerprint density at radius 3 is 2.45 bits per heavy atom. The van der Waals surface area contributed by atoms with Gasteiger partial charge in [0, 0.05) is 11.9 Å². The predicted octanol–water partition coefficient (Wildman–Crippen LogP) is 6.69. The van der Waals surface area contributed by atoms with Gasteiger partial charge < -0.3 is 14.6 Å². The van der Waals surface area contributed by atoms with Gasteiger partial charge in [-0.05, 0) is 72.5 Å². The lowest BCUT2D eigenvalue weighted by atomic mass is 9.98. The smallest absolute Gasteiger partial charge is 0.416 e. The first-order valence-corrected chi connectivity index (χ1v) is 12.3. The van der Waals surface area contributed by atoms with Crippen molar-refractivity contribution < 1.29 is 32.6 Å². The van der Waals surface area contributed by atoms with Crippen molar-refractivity contribution in [1.82, 2.24) is 15.3 Å². The average Bonchev–Trinajstić information content (AvgIpc) is 3.37. The van der Waals surface area contributed by atoms with Gasteiger partial charge in [-0.3, -0.25) is 10.3 Å². The van der Waals surface area contributed by atoms with E-state index in [4.69, 9.17) is 4.42 Å². The van der Waals surface area contributed by atoms with Crippen molar-refractivity contribution in [3.05, 3.63) is 113 Å². The highest BCUT2D eigenvalue weighted by Gasteiger charge is 2.30. The van der Waals surface area contributed by atoms with E-state index in [0.29, 0.717) is 45.8 Å². The fraction of sp³-hybridized carbons (Fsp3) is 0.167. The lowest BCUT2D eigenvalue weighted by Crippen LogP contribution is -2.24. The number of alkyl halides is 3. The number of rotatable bonds is 8. The van der Waals surface area contributed by atoms with Gasteiger partial charge in [0.05, 0.1) is 34.6 Å². The average molecular weight is 548 g/mol. The van der Waals surface area contributed by atoms with Gasteiger partial charge in [0.2, 0.25) is 5.89 Å². The third-order valence-corrected chi connectivity index (χ3v) is 6.46. The standard InChI is InChI=1S/C30H24F3N3O4/c1-17-15-35-28(40-17)27(11-18-5-8-23(37)9-6-18)34-16-22-14-25(29(38)39)24-13-20(7-10-26(24)36-22)19-3-2-4-21(12-19)30(31,32)33/h2-10,12-15,27,34,37H,11,16H2,1H3,(H,38,39)/t27-/m0/s1. The van der Waals surface area contributed by atoms with Crippen LogP contribution in [0.1, 0.15) is 44.9 Å². The number of fused-ring (bicyclic) bond motifs is 1. The van der Waals surface area contributed by atoms with Crippen LogP contribution in [0.25, 0.3) is 22.0 Å². The summed E-state index contributed by atoms with van der Waals surface area (Å²) >= 11 is 0. The van der Waals surface area contributed by atoms with Gasteiger partial charge in [-0.2, -0.15) is 13.2 Å². The maximum Gasteiger partial charge on any atom is 0.416 e. The van der Waals surface area contributed by atoms with E-state index in [1.807, 2.05) is 0 Å². The van der Waals surface area contributed by atoms with E-state index in [0.717, 1.165) is 17.7 Å². The minimum Gasteiger partial charge on any atom is -0.508 e. The van der Waals surface area contributed by atoms with Crippen molar-refractivity contribution in [1.29, 1.82) is 0 Å². The van der Waals surface area contributed by atoms with Crippen molar-refractivity contribution in [2.24, 2.45) is 0 Å². The number of halogens is 3. The Morgan fingerprint density at radius 2 is 1.77 bits per heavy atom. The Bertz CT molecular complexity index is 1680. The van der Waals surface area contributed by atoms with Gasteiger partial charge in [0.15, 0.2) is 0 Å². The number of nitrogens with one attached hydrogen (secondary N) is 1. The number of aromatic nitrogens is 2. The first-order valence-electron chi connectivity index (χ1n) is 12.3. The fourth-order valence-electron chi connectivity index (χ4n) is 4.48. The molecule has 7 nitrogen and oxygen atoms in total. The lowest BCUT2D eigenvalue weighted by Gasteiger charge is -2.17. The number of pyridine rings is 1. The van der Waals surface area contributed by atoms with E-state index >= 15 is 0 Å². The Hall–Kier alpha value is -4.70. The predicted molar refractivity (Wildman–Crippen MR) is 142 cm³/mol. The molecule has 0 unspecified atom stereocenters. The zero-order chi connectivity index (χ0) is 28.4. The maximum atomic E-state index is 13.2. The number of benzene rings is 3. The second kappa shape index (κ2) is 10.8. The molecule has 10 heteroatoms. The number of carboxylic acids is 1. The van der Waals surface area contributed by atoms with E-state index in [9.17, 15) is 28.2 Å². The molecule has 1 atom stereocenters. The van der Waals surface area contributed by atoms with E-state index in [1.165, 1.54) is 12.1 Å². The van der Waals surface area contributed by atoms with Gasteiger partial charge in [0.25, 0.3) is 0 Å². The SMILES string of the molecule is Cc1cnc([C@H](Cc2ccc(O)cc2)NCc2cc(C(=O)O)c3cc(-c4cccc(C(F)(F)F)c4)ccc3n2)o1. The number of carbonyl (C=O) groups is 1. The largest absolute Gasteiger partial charge is 0.508 e. The number of aryl methyl sites for hydroxylation is 1. The Balaban J connectivity index is 1.45. The van der Waals surface area contributed by atoms with Crippen LogP contribution in [0, 0.1) is 6.92 Å². The Kier molecular flexibility index (Phi) is 7.27. The molecule has 0 saturated carbocycles. The number of hydrogen-bond donors (Lipinski definition) is 3. The van der Waals surface area contributed by atoms with Crippen LogP contribution in [0.2, 0.25) is 0 Å². The topological polar surface area (TPSA) is 108 Å². The molecule has 0 fully saturated rings. The molecular weight excluding hydrogens is 523 g/mol. The quantitative estimate of drug-likeness (QED) is 0.199. The van der Waals surface area contributed by atoms with Crippen molar-refractivity contribution in [3.63, 3.8) is 0 Å². The third kappa shape index (κ3) is 5.97. The number of nitrogens with zero attached hydrogens (tertiary/aromatic N) is 2. The molecule has 2 aromatic heterocycles. The highest BCUT2D eigenvalue weighted by Crippen LogP contribution is 2.33. The Labute approximate surface area is 227 Å². The summed E-state index contributed by atoms with van der Waals surface area (Å²) in [6, 6.07) is 17.5. The molecule has 0 aliphatic rings. The molecule has 204 valence electrons. The van der Waals surface area contributed by atoms with Crippen LogP contribution in [0.5, 0.6) is 5.75 Å². The Morgan fingerprint density at radius 1 is 1.02 bits per heavy atom. The second-order valence-electron chi connectivity index (χ2n) is 9.39. The monoisotopic (exact) mass is 547 g/mol. The summed E-state index contributed by atoms with van der Waals surface area (Å²) in [5, 5.41) is 23.2. The molecule has 40 heavy (non-hydrogen) atoms. The first-order chi connectivity index (χ1) is 19.1. The second-order valence-corrected chi connectivity index (χ2v) is 9.39. The van der Waals surface area contributed by atoms with Crippen LogP contribution in [0.15, 0.2) is 83.4 Å². The van der Waals surface area contributed by atoms with Crippen molar-refractivity contribution in [2.75, 3.05) is 0 Å². The number of hydrogen-bond acceptors (Lipinski definition) is 6. The van der Waals surface area contributed by atoms with Gasteiger partial charge in [-0.1, -0.05) is 30.3 Å². The zero-order valence-corrected chi connectivity index (χ0v) is 21.2. The van der Waals surface area contributed by atoms with Crippen LogP contribution >= 0.6 is 0 Å². The van der Waals surface area contributed by atoms with E-state index in [1.54, 1.807) is 61.7 Å². The van der Waals surface area contributed by atoms with Crippen LogP contribution < -0.4 is 5.32 Å². The molecule has 0 bridgehead atoms. The number of aromatic carboxylic acids is 1. The van der Waals surface area contributed by atoms with Crippen LogP contribution in [-0.2, 0) is 19.1 Å². The van der Waals surface area contributed by atoms with Crippen molar-refractivity contribution in [3.8, 4) is 16.9 Å². The minimum atomic E-state index is -4.49. The normalized spacial score (nSPS) is 12.5. The van der Waals surface area contributed by atoms with E-state index < -0.39 is 17.7 Å². The summed E-state index contributed by atoms with van der Waals surface area (Å²) in [4.78, 5) is 21.1. The molecule has 3 N–H and O–H groups in total. The van der Waals surface area contributed by atoms with E-state index in [-0.39, 0.29) is 23.9 Å². The molecule has 2 heterocycles. The van der Waals surface area contributed by atoms with Gasteiger partial charge in [0.1, 0.15) is 11.5 Å². The van der Waals surface area contributed by atoms with Crippen LogP contribution in [0.4, 0.5) is 13.2 Å².